The Kier molecular flexibility index (Phi) is 6.43. The molecule has 0 radical (unpaired) electrons. The molecule has 1 aromatic carbocycles. The van der Waals surface area contributed by atoms with Gasteiger partial charge in [-0.15, -0.1) is 0 Å². The van der Waals surface area contributed by atoms with Gasteiger partial charge in [-0.05, 0) is 37.7 Å². The summed E-state index contributed by atoms with van der Waals surface area (Å²) in [6, 6.07) is 5.72. The number of benzene rings is 1. The molecule has 7 heteroatoms. The Morgan fingerprint density at radius 2 is 2.04 bits per heavy atom. The zero-order valence-corrected chi connectivity index (χ0v) is 15.4. The standard InChI is InChI=1S/C17H24N4O2S/c1-13-11-18-12-21(13)9-5-8-19-17(24)20(2)14-6-7-15(22-3)16(10-14)23-4/h6-7,10-12H,5,8-9H2,1-4H3,(H,19,24). The van der Waals surface area contributed by atoms with Crippen molar-refractivity contribution in [1.82, 2.24) is 14.9 Å². The predicted octanol–water partition coefficient (Wildman–Crippen LogP) is 2.61. The SMILES string of the molecule is COc1ccc(N(C)C(=S)NCCCn2cncc2C)cc1OC. The molecule has 0 amide bonds. The molecule has 0 aliphatic rings. The molecule has 0 atom stereocenters. The Morgan fingerprint density at radius 3 is 2.67 bits per heavy atom. The number of imidazole rings is 1. The maximum absolute atomic E-state index is 5.46. The molecule has 1 aromatic heterocycles. The van der Waals surface area contributed by atoms with E-state index < -0.39 is 0 Å². The highest BCUT2D eigenvalue weighted by Crippen LogP contribution is 2.31. The second kappa shape index (κ2) is 8.54. The number of hydrogen-bond donors (Lipinski definition) is 1. The van der Waals surface area contributed by atoms with Gasteiger partial charge in [0, 0.05) is 43.8 Å². The van der Waals surface area contributed by atoms with E-state index in [0.717, 1.165) is 25.2 Å². The lowest BCUT2D eigenvalue weighted by Gasteiger charge is -2.22. The highest BCUT2D eigenvalue weighted by Gasteiger charge is 2.10. The lowest BCUT2D eigenvalue weighted by atomic mass is 10.2. The second-order valence-corrected chi connectivity index (χ2v) is 5.80. The van der Waals surface area contributed by atoms with E-state index in [0.29, 0.717) is 16.6 Å². The van der Waals surface area contributed by atoms with Crippen molar-refractivity contribution in [3.8, 4) is 11.5 Å². The zero-order valence-electron chi connectivity index (χ0n) is 14.6. The fraction of sp³-hybridized carbons (Fsp3) is 0.412. The molecule has 0 aliphatic heterocycles. The van der Waals surface area contributed by atoms with Crippen LogP contribution in [-0.2, 0) is 6.54 Å². The number of nitrogens with one attached hydrogen (secondary N) is 1. The third-order valence-corrected chi connectivity index (χ3v) is 4.25. The molecular weight excluding hydrogens is 324 g/mol. The summed E-state index contributed by atoms with van der Waals surface area (Å²) < 4.78 is 12.7. The van der Waals surface area contributed by atoms with Crippen molar-refractivity contribution in [3.05, 3.63) is 36.4 Å². The average molecular weight is 348 g/mol. The minimum atomic E-state index is 0.671. The summed E-state index contributed by atoms with van der Waals surface area (Å²) in [5.41, 5.74) is 2.11. The molecule has 0 saturated carbocycles. The van der Waals surface area contributed by atoms with Gasteiger partial charge in [0.2, 0.25) is 0 Å². The molecule has 0 saturated heterocycles. The monoisotopic (exact) mass is 348 g/mol. The number of hydrogen-bond acceptors (Lipinski definition) is 4. The topological polar surface area (TPSA) is 51.5 Å². The first-order valence-electron chi connectivity index (χ1n) is 7.77. The van der Waals surface area contributed by atoms with Crippen LogP contribution in [0.4, 0.5) is 5.69 Å². The van der Waals surface area contributed by atoms with Crippen LogP contribution in [0.1, 0.15) is 12.1 Å². The summed E-state index contributed by atoms with van der Waals surface area (Å²) in [7, 11) is 5.17. The number of anilines is 1. The van der Waals surface area contributed by atoms with E-state index in [2.05, 4.69) is 21.8 Å². The minimum Gasteiger partial charge on any atom is -0.493 e. The Bertz CT molecular complexity index is 687. The number of thiocarbonyl (C=S) groups is 1. The van der Waals surface area contributed by atoms with Gasteiger partial charge < -0.3 is 24.3 Å². The van der Waals surface area contributed by atoms with Crippen molar-refractivity contribution in [2.24, 2.45) is 0 Å². The summed E-state index contributed by atoms with van der Waals surface area (Å²) >= 11 is 5.46. The molecule has 1 N–H and O–H groups in total. The highest BCUT2D eigenvalue weighted by atomic mass is 32.1. The van der Waals surface area contributed by atoms with E-state index in [9.17, 15) is 0 Å². The molecule has 24 heavy (non-hydrogen) atoms. The maximum atomic E-state index is 5.46. The van der Waals surface area contributed by atoms with Gasteiger partial charge in [-0.25, -0.2) is 4.98 Å². The molecule has 1 heterocycles. The van der Waals surface area contributed by atoms with E-state index in [4.69, 9.17) is 21.7 Å². The second-order valence-electron chi connectivity index (χ2n) is 5.41. The quantitative estimate of drug-likeness (QED) is 0.613. The molecule has 6 nitrogen and oxygen atoms in total. The van der Waals surface area contributed by atoms with Crippen molar-refractivity contribution < 1.29 is 9.47 Å². The van der Waals surface area contributed by atoms with Gasteiger partial charge in [-0.2, -0.15) is 0 Å². The maximum Gasteiger partial charge on any atom is 0.173 e. The number of methoxy groups -OCH3 is 2. The average Bonchev–Trinajstić information content (AvgIpc) is 3.02. The number of aromatic nitrogens is 2. The first kappa shape index (κ1) is 18.1. The fourth-order valence-corrected chi connectivity index (χ4v) is 2.54. The van der Waals surface area contributed by atoms with E-state index in [1.807, 2.05) is 42.7 Å². The van der Waals surface area contributed by atoms with E-state index in [-0.39, 0.29) is 0 Å². The van der Waals surface area contributed by atoms with Gasteiger partial charge in [0.05, 0.1) is 20.5 Å². The fourth-order valence-electron chi connectivity index (χ4n) is 2.34. The van der Waals surface area contributed by atoms with E-state index in [1.165, 1.54) is 5.69 Å². The zero-order chi connectivity index (χ0) is 17.5. The third-order valence-electron chi connectivity index (χ3n) is 3.83. The van der Waals surface area contributed by atoms with Crippen LogP contribution in [0.5, 0.6) is 11.5 Å². The highest BCUT2D eigenvalue weighted by molar-refractivity contribution is 7.80. The van der Waals surface area contributed by atoms with Gasteiger partial charge in [0.15, 0.2) is 16.6 Å². The van der Waals surface area contributed by atoms with Crippen LogP contribution in [0.2, 0.25) is 0 Å². The molecule has 0 spiro atoms. The smallest absolute Gasteiger partial charge is 0.173 e. The third kappa shape index (κ3) is 4.38. The van der Waals surface area contributed by atoms with Crippen LogP contribution in [0.25, 0.3) is 0 Å². The van der Waals surface area contributed by atoms with Crippen molar-refractivity contribution in [2.75, 3.05) is 32.7 Å². The summed E-state index contributed by atoms with van der Waals surface area (Å²) in [6.45, 7) is 3.77. The lowest BCUT2D eigenvalue weighted by molar-refractivity contribution is 0.355. The summed E-state index contributed by atoms with van der Waals surface area (Å²) in [5, 5.41) is 3.95. The molecule has 0 bridgehead atoms. The van der Waals surface area contributed by atoms with Crippen LogP contribution in [0.15, 0.2) is 30.7 Å². The van der Waals surface area contributed by atoms with Crippen LogP contribution in [0, 0.1) is 6.92 Å². The summed E-state index contributed by atoms with van der Waals surface area (Å²) in [6.07, 6.45) is 4.68. The Morgan fingerprint density at radius 1 is 1.29 bits per heavy atom. The van der Waals surface area contributed by atoms with Crippen LogP contribution >= 0.6 is 12.2 Å². The van der Waals surface area contributed by atoms with Crippen LogP contribution in [0.3, 0.4) is 0 Å². The number of nitrogens with zero attached hydrogens (tertiary/aromatic N) is 3. The molecule has 2 aromatic rings. The molecule has 0 fully saturated rings. The van der Waals surface area contributed by atoms with Gasteiger partial charge in [-0.1, -0.05) is 0 Å². The normalized spacial score (nSPS) is 10.3. The van der Waals surface area contributed by atoms with E-state index in [1.54, 1.807) is 14.2 Å². The molecule has 0 aliphatic carbocycles. The first-order valence-corrected chi connectivity index (χ1v) is 8.18. The van der Waals surface area contributed by atoms with Crippen molar-refractivity contribution in [1.29, 1.82) is 0 Å². The molecule has 2 rings (SSSR count). The number of ether oxygens (including phenoxy) is 2. The van der Waals surface area contributed by atoms with Gasteiger partial charge in [0.1, 0.15) is 0 Å². The van der Waals surface area contributed by atoms with Crippen molar-refractivity contribution in [2.45, 2.75) is 19.9 Å². The van der Waals surface area contributed by atoms with Crippen molar-refractivity contribution in [3.63, 3.8) is 0 Å². The summed E-state index contributed by atoms with van der Waals surface area (Å²) in [5.74, 6) is 1.38. The Balaban J connectivity index is 1.86. The van der Waals surface area contributed by atoms with Crippen LogP contribution in [-0.4, -0.2) is 42.5 Å². The Labute approximate surface area is 148 Å². The number of rotatable bonds is 7. The largest absolute Gasteiger partial charge is 0.493 e. The van der Waals surface area contributed by atoms with Crippen LogP contribution < -0.4 is 19.7 Å². The Hall–Kier alpha value is -2.28. The molecule has 130 valence electrons. The van der Waals surface area contributed by atoms with Gasteiger partial charge >= 0.3 is 0 Å². The number of aryl methyl sites for hydroxylation is 2. The molecular formula is C17H24N4O2S. The predicted molar refractivity (Wildman–Crippen MR) is 100 cm³/mol. The van der Waals surface area contributed by atoms with Gasteiger partial charge in [0.25, 0.3) is 0 Å². The van der Waals surface area contributed by atoms with Gasteiger partial charge in [-0.3, -0.25) is 0 Å². The minimum absolute atomic E-state index is 0.671. The lowest BCUT2D eigenvalue weighted by Crippen LogP contribution is -2.37. The molecule has 0 unspecified atom stereocenters. The first-order chi connectivity index (χ1) is 11.6. The van der Waals surface area contributed by atoms with Crippen molar-refractivity contribution >= 4 is 23.0 Å². The van der Waals surface area contributed by atoms with E-state index >= 15 is 0 Å². The summed E-state index contributed by atoms with van der Waals surface area (Å²) in [4.78, 5) is 6.04.